The third-order valence-electron chi connectivity index (χ3n) is 0. The minimum atomic E-state index is 0. The van der Waals surface area contributed by atoms with Crippen molar-refractivity contribution in [2.24, 2.45) is 0 Å². The second-order valence-corrected chi connectivity index (χ2v) is 0. The molecule has 8 heteroatoms. The van der Waals surface area contributed by atoms with Crippen LogP contribution in [0.5, 0.6) is 0 Å². The first kappa shape index (κ1) is 62.1. The van der Waals surface area contributed by atoms with Crippen LogP contribution in [0.1, 0.15) is 0 Å². The van der Waals surface area contributed by atoms with Gasteiger partial charge in [0.1, 0.15) is 0 Å². The average molecular weight is 889 g/mol. The van der Waals surface area contributed by atoms with Gasteiger partial charge in [-0.25, -0.2) is 0 Å². The molecular weight excluding hydrogens is 875 g/mol. The van der Waals surface area contributed by atoms with E-state index in [1.807, 2.05) is 0 Å². The van der Waals surface area contributed by atoms with Crippen LogP contribution in [-0.4, -0.2) is 18.0 Å². The van der Waals surface area contributed by atoms with E-state index < -0.39 is 0 Å². The van der Waals surface area contributed by atoms with Gasteiger partial charge >= 0.3 is 69.3 Å². The minimum absolute atomic E-state index is 0. The molecule has 0 atom stereocenters. The van der Waals surface area contributed by atoms with Crippen LogP contribution in [0.4, 0.5) is 0 Å². The molecule has 0 aliphatic rings. The number of rotatable bonds is 0. The summed E-state index contributed by atoms with van der Waals surface area (Å²) in [5.41, 5.74) is 0. The summed E-state index contributed by atoms with van der Waals surface area (Å²) in [7, 11) is 0. The molecule has 8 heavy (non-hydrogen) atoms. The zero-order chi connectivity index (χ0) is 0. The number of halogens is 6. The van der Waals surface area contributed by atoms with Crippen LogP contribution in [-0.2, 0) is 0 Å². The van der Waals surface area contributed by atoms with E-state index >= 15 is 0 Å². The molecule has 0 nitrogen and oxygen atoms in total. The van der Waals surface area contributed by atoms with Crippen LogP contribution in [0.25, 0.3) is 0 Å². The van der Waals surface area contributed by atoms with Gasteiger partial charge in [0, 0.05) is 0 Å². The Hall–Kier alpha value is 6.57. The largest absolute Gasteiger partial charge is 1.00 e. The van der Waals surface area contributed by atoms with Crippen molar-refractivity contribution < 1.29 is 75.4 Å². The van der Waals surface area contributed by atoms with Gasteiger partial charge in [-0.3, -0.25) is 0 Å². The van der Waals surface area contributed by atoms with Crippen molar-refractivity contribution in [3.63, 3.8) is 0 Å². The standard InChI is InChI=1S/AsH8.6HI.K/h1H8;6*1H;/q+5;;;;;;;+1/p-1. The summed E-state index contributed by atoms with van der Waals surface area (Å²) in [6, 6.07) is 0. The van der Waals surface area contributed by atoms with Crippen molar-refractivity contribution in [3.05, 3.63) is 0 Å². The van der Waals surface area contributed by atoms with Crippen LogP contribution in [0.3, 0.4) is 0 Å². The van der Waals surface area contributed by atoms with Crippen LogP contribution >= 0.6 is 120 Å². The van der Waals surface area contributed by atoms with Crippen LogP contribution in [0.2, 0.25) is 0 Å². The smallest absolute Gasteiger partial charge is 1.00 e. The Morgan fingerprint density at radius 2 is 0.500 bits per heavy atom. The monoisotopic (exact) mass is 888 g/mol. The second-order valence-electron chi connectivity index (χ2n) is 0. The van der Waals surface area contributed by atoms with E-state index in [9.17, 15) is 0 Å². The molecule has 0 saturated heterocycles. The van der Waals surface area contributed by atoms with Crippen molar-refractivity contribution in [3.8, 4) is 0 Å². The van der Waals surface area contributed by atoms with Gasteiger partial charge in [0.25, 0.3) is 0 Å². The molecule has 0 rings (SSSR count). The Bertz CT molecular complexity index is 8.49. The second kappa shape index (κ2) is 49.7. The van der Waals surface area contributed by atoms with Gasteiger partial charge in [-0.15, -0.1) is 120 Å². The van der Waals surface area contributed by atoms with E-state index in [2.05, 4.69) is 0 Å². The summed E-state index contributed by atoms with van der Waals surface area (Å²) >= 11 is 0. The first-order valence-corrected chi connectivity index (χ1v) is 0. The molecule has 0 fully saturated rings. The first-order valence-electron chi connectivity index (χ1n) is 0. The van der Waals surface area contributed by atoms with Gasteiger partial charge in [0.05, 0.1) is 0 Å². The van der Waals surface area contributed by atoms with Crippen LogP contribution in [0.15, 0.2) is 0 Å². The normalized spacial score (nSPS) is 0. The maximum atomic E-state index is 0. The zero-order valence-electron chi connectivity index (χ0n) is 3.42. The fourth-order valence-corrected chi connectivity index (χ4v) is 0. The zero-order valence-corrected chi connectivity index (χ0v) is 20.4. The Balaban J connectivity index is 0. The Morgan fingerprint density at radius 3 is 0.500 bits per heavy atom. The Kier molecular flexibility index (Phi) is 386. The molecule has 0 spiro atoms. The minimum Gasteiger partial charge on any atom is -1.00 e. The Morgan fingerprint density at radius 1 is 0.500 bits per heavy atom. The average Bonchev–Trinajstić information content (AvgIpc) is 0. The summed E-state index contributed by atoms with van der Waals surface area (Å²) < 4.78 is 0. The Labute approximate surface area is 207 Å². The van der Waals surface area contributed by atoms with E-state index in [0.717, 1.165) is 0 Å². The van der Waals surface area contributed by atoms with Crippen molar-refractivity contribution in [1.29, 1.82) is 0 Å². The summed E-state index contributed by atoms with van der Waals surface area (Å²) in [6.07, 6.45) is 0. The molecule has 0 aliphatic carbocycles. The van der Waals surface area contributed by atoms with Crippen molar-refractivity contribution >= 4 is 138 Å². The van der Waals surface area contributed by atoms with Crippen LogP contribution < -0.4 is 75.4 Å². The quantitative estimate of drug-likeness (QED) is 0.169. The van der Waals surface area contributed by atoms with Crippen LogP contribution in [0, 0.1) is 0 Å². The summed E-state index contributed by atoms with van der Waals surface area (Å²) in [5, 5.41) is 0. The third-order valence-corrected chi connectivity index (χ3v) is 0. The van der Waals surface area contributed by atoms with Gasteiger partial charge in [-0.1, -0.05) is 0 Å². The van der Waals surface area contributed by atoms with Gasteiger partial charge in [0.15, 0.2) is 0 Å². The molecule has 0 heterocycles. The van der Waals surface area contributed by atoms with E-state index in [1.165, 1.54) is 0 Å². The third kappa shape index (κ3) is 39.0. The summed E-state index contributed by atoms with van der Waals surface area (Å²) in [4.78, 5) is 0. The maximum absolute atomic E-state index is 0. The number of hydrogen-bond donors (Lipinski definition) is 0. The fraction of sp³-hybridized carbons (Fsp3) is 0. The molecule has 56 valence electrons. The predicted molar refractivity (Wildman–Crippen MR) is 94.0 cm³/mol. The molecular formula is H13AsI6K+5. The molecule has 0 aromatic heterocycles. The molecule has 0 N–H and O–H groups in total. The fourth-order valence-electron chi connectivity index (χ4n) is 0. The topological polar surface area (TPSA) is 0 Å². The van der Waals surface area contributed by atoms with Gasteiger partial charge in [-0.05, 0) is 0 Å². The molecule has 0 bridgehead atoms. The van der Waals surface area contributed by atoms with Crippen molar-refractivity contribution in [2.75, 3.05) is 0 Å². The molecule has 0 amide bonds. The van der Waals surface area contributed by atoms with Crippen molar-refractivity contribution in [2.45, 2.75) is 0 Å². The maximum Gasteiger partial charge on any atom is 1.00 e. The SMILES string of the molecule is I.I.I.I.I.[AsH8+5].[I-].[K+]. The van der Waals surface area contributed by atoms with Gasteiger partial charge in [-0.2, -0.15) is 0 Å². The molecule has 0 saturated carbocycles. The van der Waals surface area contributed by atoms with E-state index in [1.54, 1.807) is 0 Å². The molecule has 0 aromatic carbocycles. The molecule has 0 aliphatic heterocycles. The summed E-state index contributed by atoms with van der Waals surface area (Å²) in [6.45, 7) is 0. The van der Waals surface area contributed by atoms with E-state index in [4.69, 9.17) is 0 Å². The van der Waals surface area contributed by atoms with Crippen molar-refractivity contribution in [1.82, 2.24) is 0 Å². The molecule has 0 radical (unpaired) electrons. The first-order chi connectivity index (χ1) is 0. The summed E-state index contributed by atoms with van der Waals surface area (Å²) in [5.74, 6) is 0. The molecule has 0 aromatic rings. The predicted octanol–water partition coefficient (Wildman–Crippen LogP) is -5.42. The van der Waals surface area contributed by atoms with E-state index in [0.29, 0.717) is 0 Å². The van der Waals surface area contributed by atoms with Gasteiger partial charge in [0.2, 0.25) is 0 Å². The van der Waals surface area contributed by atoms with E-state index in [-0.39, 0.29) is 213 Å². The molecule has 0 unspecified atom stereocenters. The number of hydrogen-bond acceptors (Lipinski definition) is 0. The van der Waals surface area contributed by atoms with Gasteiger partial charge < -0.3 is 24.0 Å².